The molecular formula is C13H26N2. The van der Waals surface area contributed by atoms with Gasteiger partial charge in [-0.25, -0.2) is 0 Å². The molecule has 0 radical (unpaired) electrons. The van der Waals surface area contributed by atoms with E-state index in [-0.39, 0.29) is 0 Å². The Hall–Kier alpha value is -0.0800. The monoisotopic (exact) mass is 210 g/mol. The lowest BCUT2D eigenvalue weighted by molar-refractivity contribution is 0.103. The third-order valence-electron chi connectivity index (χ3n) is 4.17. The van der Waals surface area contributed by atoms with Gasteiger partial charge >= 0.3 is 0 Å². The second-order valence-corrected chi connectivity index (χ2v) is 6.05. The Balaban J connectivity index is 1.80. The molecule has 15 heavy (non-hydrogen) atoms. The summed E-state index contributed by atoms with van der Waals surface area (Å²) < 4.78 is 0. The van der Waals surface area contributed by atoms with Crippen LogP contribution in [0.2, 0.25) is 0 Å². The van der Waals surface area contributed by atoms with Gasteiger partial charge in [-0.15, -0.1) is 0 Å². The number of nitrogens with zero attached hydrogens (tertiary/aromatic N) is 1. The maximum Gasteiger partial charge on any atom is 0.00475 e. The van der Waals surface area contributed by atoms with Crippen molar-refractivity contribution in [2.24, 2.45) is 11.3 Å². The lowest BCUT2D eigenvalue weighted by atomic mass is 9.81. The molecule has 2 nitrogen and oxygen atoms in total. The predicted octanol–water partition coefficient (Wildman–Crippen LogP) is 2.11. The van der Waals surface area contributed by atoms with Gasteiger partial charge in [-0.3, -0.25) is 0 Å². The summed E-state index contributed by atoms with van der Waals surface area (Å²) in [6, 6.07) is 0. The van der Waals surface area contributed by atoms with Gasteiger partial charge in [0.25, 0.3) is 0 Å². The minimum Gasteiger partial charge on any atom is -0.316 e. The molecule has 88 valence electrons. The molecule has 0 aromatic rings. The number of likely N-dealkylation sites (tertiary alicyclic amines) is 1. The Morgan fingerprint density at radius 1 is 1.33 bits per heavy atom. The van der Waals surface area contributed by atoms with Gasteiger partial charge in [0, 0.05) is 13.1 Å². The van der Waals surface area contributed by atoms with Crippen molar-refractivity contribution in [1.82, 2.24) is 10.2 Å². The van der Waals surface area contributed by atoms with Crippen molar-refractivity contribution in [3.63, 3.8) is 0 Å². The average molecular weight is 210 g/mol. The average Bonchev–Trinajstić information content (AvgIpc) is 2.22. The van der Waals surface area contributed by atoms with Crippen LogP contribution in [0.15, 0.2) is 0 Å². The van der Waals surface area contributed by atoms with Gasteiger partial charge in [0.2, 0.25) is 0 Å². The Morgan fingerprint density at radius 2 is 2.07 bits per heavy atom. The summed E-state index contributed by atoms with van der Waals surface area (Å²) in [7, 11) is 0. The summed E-state index contributed by atoms with van der Waals surface area (Å²) in [6.07, 6.45) is 5.58. The highest BCUT2D eigenvalue weighted by Crippen LogP contribution is 2.28. The number of rotatable bonds is 2. The van der Waals surface area contributed by atoms with Crippen LogP contribution in [0.5, 0.6) is 0 Å². The maximum atomic E-state index is 3.55. The topological polar surface area (TPSA) is 15.3 Å². The van der Waals surface area contributed by atoms with Gasteiger partial charge in [0.05, 0.1) is 0 Å². The van der Waals surface area contributed by atoms with E-state index in [1.165, 1.54) is 58.4 Å². The van der Waals surface area contributed by atoms with Crippen molar-refractivity contribution in [1.29, 1.82) is 0 Å². The summed E-state index contributed by atoms with van der Waals surface area (Å²) in [5.74, 6) is 0.957. The van der Waals surface area contributed by atoms with Crippen LogP contribution in [0, 0.1) is 11.3 Å². The van der Waals surface area contributed by atoms with E-state index < -0.39 is 0 Å². The summed E-state index contributed by atoms with van der Waals surface area (Å²) in [4.78, 5) is 2.69. The maximum absolute atomic E-state index is 3.55. The van der Waals surface area contributed by atoms with Crippen molar-refractivity contribution in [3.8, 4) is 0 Å². The Kier molecular flexibility index (Phi) is 3.68. The molecule has 1 unspecified atom stereocenters. The first kappa shape index (κ1) is 11.4. The van der Waals surface area contributed by atoms with Gasteiger partial charge < -0.3 is 10.2 Å². The number of piperidine rings is 2. The van der Waals surface area contributed by atoms with Crippen LogP contribution in [0.1, 0.15) is 39.5 Å². The van der Waals surface area contributed by atoms with Crippen molar-refractivity contribution >= 4 is 0 Å². The zero-order valence-electron chi connectivity index (χ0n) is 10.4. The standard InChI is InChI=1S/C13H26N2/c1-12-4-8-15(9-5-12)11-13(2)6-3-7-14-10-13/h12,14H,3-11H2,1-2H3. The largest absolute Gasteiger partial charge is 0.316 e. The fraction of sp³-hybridized carbons (Fsp3) is 1.00. The van der Waals surface area contributed by atoms with E-state index in [4.69, 9.17) is 0 Å². The molecule has 2 rings (SSSR count). The molecule has 0 saturated carbocycles. The molecular weight excluding hydrogens is 184 g/mol. The molecule has 2 fully saturated rings. The highest BCUT2D eigenvalue weighted by Gasteiger charge is 2.30. The second kappa shape index (κ2) is 4.84. The third kappa shape index (κ3) is 3.18. The molecule has 2 heterocycles. The quantitative estimate of drug-likeness (QED) is 0.751. The first-order chi connectivity index (χ1) is 7.18. The second-order valence-electron chi connectivity index (χ2n) is 6.05. The molecule has 0 aliphatic carbocycles. The number of nitrogens with one attached hydrogen (secondary N) is 1. The molecule has 1 atom stereocenters. The molecule has 2 saturated heterocycles. The van der Waals surface area contributed by atoms with E-state index in [0.717, 1.165) is 5.92 Å². The van der Waals surface area contributed by atoms with Crippen LogP contribution in [-0.4, -0.2) is 37.6 Å². The van der Waals surface area contributed by atoms with Crippen molar-refractivity contribution in [2.75, 3.05) is 32.7 Å². The fourth-order valence-corrected chi connectivity index (χ4v) is 3.01. The van der Waals surface area contributed by atoms with E-state index >= 15 is 0 Å². The van der Waals surface area contributed by atoms with E-state index in [1.54, 1.807) is 0 Å². The first-order valence-electron chi connectivity index (χ1n) is 6.61. The highest BCUT2D eigenvalue weighted by atomic mass is 15.1. The van der Waals surface area contributed by atoms with Gasteiger partial charge in [0.15, 0.2) is 0 Å². The van der Waals surface area contributed by atoms with Crippen LogP contribution in [0.25, 0.3) is 0 Å². The molecule has 2 aliphatic heterocycles. The molecule has 0 aromatic heterocycles. The van der Waals surface area contributed by atoms with Crippen LogP contribution in [0.4, 0.5) is 0 Å². The molecule has 0 spiro atoms. The molecule has 0 bridgehead atoms. The van der Waals surface area contributed by atoms with Crippen LogP contribution >= 0.6 is 0 Å². The van der Waals surface area contributed by atoms with Crippen molar-refractivity contribution in [2.45, 2.75) is 39.5 Å². The minimum atomic E-state index is 0.541. The third-order valence-corrected chi connectivity index (χ3v) is 4.17. The summed E-state index contributed by atoms with van der Waals surface area (Å²) in [5.41, 5.74) is 0.541. The summed E-state index contributed by atoms with van der Waals surface area (Å²) >= 11 is 0. The smallest absolute Gasteiger partial charge is 0.00475 e. The molecule has 1 N–H and O–H groups in total. The Bertz CT molecular complexity index is 189. The first-order valence-corrected chi connectivity index (χ1v) is 6.61. The predicted molar refractivity (Wildman–Crippen MR) is 65.0 cm³/mol. The lowest BCUT2D eigenvalue weighted by Crippen LogP contribution is -2.47. The Labute approximate surface area is 94.4 Å². The molecule has 2 heteroatoms. The SMILES string of the molecule is CC1CCN(CC2(C)CCCNC2)CC1. The number of hydrogen-bond acceptors (Lipinski definition) is 2. The molecule has 0 aromatic carbocycles. The van der Waals surface area contributed by atoms with Gasteiger partial charge in [-0.1, -0.05) is 13.8 Å². The summed E-state index contributed by atoms with van der Waals surface area (Å²) in [5, 5.41) is 3.55. The van der Waals surface area contributed by atoms with E-state index in [9.17, 15) is 0 Å². The van der Waals surface area contributed by atoms with Gasteiger partial charge in [-0.05, 0) is 56.7 Å². The molecule has 0 amide bonds. The van der Waals surface area contributed by atoms with E-state index in [0.29, 0.717) is 5.41 Å². The summed E-state index contributed by atoms with van der Waals surface area (Å²) in [6.45, 7) is 11.3. The lowest BCUT2D eigenvalue weighted by Gasteiger charge is -2.41. The normalized spacial score (nSPS) is 35.6. The highest BCUT2D eigenvalue weighted by molar-refractivity contribution is 4.85. The van der Waals surface area contributed by atoms with Crippen LogP contribution in [0.3, 0.4) is 0 Å². The van der Waals surface area contributed by atoms with Crippen LogP contribution in [-0.2, 0) is 0 Å². The molecule has 2 aliphatic rings. The Morgan fingerprint density at radius 3 is 2.67 bits per heavy atom. The van der Waals surface area contributed by atoms with Gasteiger partial charge in [-0.2, -0.15) is 0 Å². The number of hydrogen-bond donors (Lipinski definition) is 1. The van der Waals surface area contributed by atoms with Gasteiger partial charge in [0.1, 0.15) is 0 Å². The van der Waals surface area contributed by atoms with Crippen LogP contribution < -0.4 is 5.32 Å². The zero-order chi connectivity index (χ0) is 10.7. The van der Waals surface area contributed by atoms with E-state index in [1.807, 2.05) is 0 Å². The van der Waals surface area contributed by atoms with Crippen molar-refractivity contribution in [3.05, 3.63) is 0 Å². The zero-order valence-corrected chi connectivity index (χ0v) is 10.4. The minimum absolute atomic E-state index is 0.541. The fourth-order valence-electron chi connectivity index (χ4n) is 3.01. The van der Waals surface area contributed by atoms with Crippen molar-refractivity contribution < 1.29 is 0 Å². The van der Waals surface area contributed by atoms with E-state index in [2.05, 4.69) is 24.1 Å².